The molecule has 0 atom stereocenters. The normalized spacial score (nSPS) is 10.9. The van der Waals surface area contributed by atoms with Gasteiger partial charge in [-0.3, -0.25) is 0 Å². The SMILES string of the molecule is C/C=C/CCOCOC. The van der Waals surface area contributed by atoms with Crippen molar-refractivity contribution in [2.75, 3.05) is 20.5 Å². The fourth-order valence-electron chi connectivity index (χ4n) is 0.460. The van der Waals surface area contributed by atoms with Crippen LogP contribution in [0.4, 0.5) is 0 Å². The molecule has 0 aliphatic heterocycles. The van der Waals surface area contributed by atoms with Gasteiger partial charge in [-0.1, -0.05) is 12.2 Å². The van der Waals surface area contributed by atoms with E-state index in [4.69, 9.17) is 4.74 Å². The summed E-state index contributed by atoms with van der Waals surface area (Å²) in [6, 6.07) is 0. The number of hydrogen-bond acceptors (Lipinski definition) is 2. The molecule has 0 radical (unpaired) electrons. The van der Waals surface area contributed by atoms with Crippen LogP contribution in [0, 0.1) is 0 Å². The fourth-order valence-corrected chi connectivity index (χ4v) is 0.460. The Morgan fingerprint density at radius 3 is 2.78 bits per heavy atom. The van der Waals surface area contributed by atoms with Crippen molar-refractivity contribution in [3.63, 3.8) is 0 Å². The Hall–Kier alpha value is -0.340. The average molecular weight is 130 g/mol. The number of methoxy groups -OCH3 is 1. The van der Waals surface area contributed by atoms with Crippen LogP contribution < -0.4 is 0 Å². The van der Waals surface area contributed by atoms with Crippen LogP contribution in [0.15, 0.2) is 12.2 Å². The molecule has 0 heterocycles. The Balaban J connectivity index is 2.75. The van der Waals surface area contributed by atoms with Gasteiger partial charge in [0.15, 0.2) is 0 Å². The molecule has 0 spiro atoms. The molecule has 0 aromatic rings. The molecule has 2 heteroatoms. The van der Waals surface area contributed by atoms with Gasteiger partial charge < -0.3 is 9.47 Å². The first-order valence-electron chi connectivity index (χ1n) is 3.09. The van der Waals surface area contributed by atoms with Crippen molar-refractivity contribution in [2.24, 2.45) is 0 Å². The summed E-state index contributed by atoms with van der Waals surface area (Å²) in [5, 5.41) is 0. The molecule has 0 unspecified atom stereocenters. The van der Waals surface area contributed by atoms with E-state index in [1.807, 2.05) is 13.0 Å². The van der Waals surface area contributed by atoms with E-state index in [-0.39, 0.29) is 0 Å². The quantitative estimate of drug-likeness (QED) is 0.319. The lowest BCUT2D eigenvalue weighted by molar-refractivity contribution is -0.0285. The fraction of sp³-hybridized carbons (Fsp3) is 0.714. The van der Waals surface area contributed by atoms with E-state index in [0.29, 0.717) is 6.79 Å². The summed E-state index contributed by atoms with van der Waals surface area (Å²) < 4.78 is 9.69. The summed E-state index contributed by atoms with van der Waals surface area (Å²) in [5.41, 5.74) is 0. The number of allylic oxidation sites excluding steroid dienone is 1. The molecule has 0 amide bonds. The molecular formula is C7H14O2. The van der Waals surface area contributed by atoms with E-state index < -0.39 is 0 Å². The van der Waals surface area contributed by atoms with Gasteiger partial charge in [-0.2, -0.15) is 0 Å². The van der Waals surface area contributed by atoms with Crippen molar-refractivity contribution in [1.82, 2.24) is 0 Å². The summed E-state index contributed by atoms with van der Waals surface area (Å²) in [4.78, 5) is 0. The lowest BCUT2D eigenvalue weighted by atomic mass is 10.4. The van der Waals surface area contributed by atoms with Crippen LogP contribution in [0.5, 0.6) is 0 Å². The molecule has 54 valence electrons. The van der Waals surface area contributed by atoms with Crippen LogP contribution in [0.25, 0.3) is 0 Å². The van der Waals surface area contributed by atoms with E-state index in [2.05, 4.69) is 10.8 Å². The van der Waals surface area contributed by atoms with Crippen molar-refractivity contribution in [2.45, 2.75) is 13.3 Å². The Bertz CT molecular complexity index is 69.3. The summed E-state index contributed by atoms with van der Waals surface area (Å²) in [6.07, 6.45) is 5.05. The van der Waals surface area contributed by atoms with Gasteiger partial charge in [0.05, 0.1) is 6.61 Å². The molecule has 0 aromatic heterocycles. The van der Waals surface area contributed by atoms with Crippen LogP contribution in [-0.4, -0.2) is 20.5 Å². The Labute approximate surface area is 56.5 Å². The van der Waals surface area contributed by atoms with Gasteiger partial charge in [-0.25, -0.2) is 0 Å². The summed E-state index contributed by atoms with van der Waals surface area (Å²) in [5.74, 6) is 0. The lowest BCUT2D eigenvalue weighted by Gasteiger charge is -1.97. The molecule has 0 aromatic carbocycles. The third-order valence-electron chi connectivity index (χ3n) is 0.866. The van der Waals surface area contributed by atoms with E-state index in [1.165, 1.54) is 0 Å². The second kappa shape index (κ2) is 7.66. The van der Waals surface area contributed by atoms with Gasteiger partial charge >= 0.3 is 0 Å². The number of rotatable bonds is 5. The summed E-state index contributed by atoms with van der Waals surface area (Å²) >= 11 is 0. The van der Waals surface area contributed by atoms with E-state index >= 15 is 0 Å². The second-order valence-electron chi connectivity index (χ2n) is 1.67. The zero-order chi connectivity index (χ0) is 6.95. The summed E-state index contributed by atoms with van der Waals surface area (Å²) in [6.45, 7) is 3.14. The molecule has 0 aliphatic carbocycles. The third-order valence-corrected chi connectivity index (χ3v) is 0.866. The maximum Gasteiger partial charge on any atom is 0.146 e. The van der Waals surface area contributed by atoms with Gasteiger partial charge in [0.25, 0.3) is 0 Å². The van der Waals surface area contributed by atoms with Crippen LogP contribution >= 0.6 is 0 Å². The maximum atomic E-state index is 5.01. The predicted octanol–water partition coefficient (Wildman–Crippen LogP) is 1.57. The van der Waals surface area contributed by atoms with E-state index in [1.54, 1.807) is 7.11 Å². The van der Waals surface area contributed by atoms with Gasteiger partial charge in [0.2, 0.25) is 0 Å². The second-order valence-corrected chi connectivity index (χ2v) is 1.67. The van der Waals surface area contributed by atoms with Crippen molar-refractivity contribution in [3.8, 4) is 0 Å². The van der Waals surface area contributed by atoms with Crippen molar-refractivity contribution in [3.05, 3.63) is 12.2 Å². The van der Waals surface area contributed by atoms with Crippen LogP contribution in [-0.2, 0) is 9.47 Å². The highest BCUT2D eigenvalue weighted by atomic mass is 16.7. The first kappa shape index (κ1) is 8.66. The molecule has 2 nitrogen and oxygen atoms in total. The highest BCUT2D eigenvalue weighted by molar-refractivity contribution is 4.75. The zero-order valence-corrected chi connectivity index (χ0v) is 6.09. The number of ether oxygens (including phenoxy) is 2. The monoisotopic (exact) mass is 130 g/mol. The van der Waals surface area contributed by atoms with Gasteiger partial charge in [0.1, 0.15) is 6.79 Å². The molecule has 0 rings (SSSR count). The molecule has 0 bridgehead atoms. The van der Waals surface area contributed by atoms with Gasteiger partial charge in [-0.05, 0) is 13.3 Å². The zero-order valence-electron chi connectivity index (χ0n) is 6.09. The topological polar surface area (TPSA) is 18.5 Å². The Morgan fingerprint density at radius 1 is 1.44 bits per heavy atom. The molecule has 0 saturated carbocycles. The number of hydrogen-bond donors (Lipinski definition) is 0. The maximum absolute atomic E-state index is 5.01. The lowest BCUT2D eigenvalue weighted by Crippen LogP contribution is -1.96. The Morgan fingerprint density at radius 2 is 2.22 bits per heavy atom. The molecule has 9 heavy (non-hydrogen) atoms. The third kappa shape index (κ3) is 7.66. The molecule has 0 fully saturated rings. The summed E-state index contributed by atoms with van der Waals surface area (Å²) in [7, 11) is 1.62. The standard InChI is InChI=1S/C7H14O2/c1-3-4-5-6-9-7-8-2/h3-4H,5-7H2,1-2H3/b4-3+. The highest BCUT2D eigenvalue weighted by Gasteiger charge is 1.80. The molecule has 0 aliphatic rings. The first-order valence-corrected chi connectivity index (χ1v) is 3.09. The minimum Gasteiger partial charge on any atom is -0.359 e. The van der Waals surface area contributed by atoms with Gasteiger partial charge in [0, 0.05) is 7.11 Å². The largest absolute Gasteiger partial charge is 0.359 e. The van der Waals surface area contributed by atoms with E-state index in [0.717, 1.165) is 13.0 Å². The van der Waals surface area contributed by atoms with Crippen molar-refractivity contribution < 1.29 is 9.47 Å². The average Bonchev–Trinajstić information content (AvgIpc) is 1.89. The Kier molecular flexibility index (Phi) is 7.37. The minimum absolute atomic E-state index is 0.400. The van der Waals surface area contributed by atoms with Crippen LogP contribution in [0.1, 0.15) is 13.3 Å². The smallest absolute Gasteiger partial charge is 0.146 e. The van der Waals surface area contributed by atoms with E-state index in [9.17, 15) is 0 Å². The van der Waals surface area contributed by atoms with Crippen LogP contribution in [0.2, 0.25) is 0 Å². The van der Waals surface area contributed by atoms with Crippen molar-refractivity contribution >= 4 is 0 Å². The molecule has 0 saturated heterocycles. The van der Waals surface area contributed by atoms with Gasteiger partial charge in [-0.15, -0.1) is 0 Å². The molecule has 0 N–H and O–H groups in total. The predicted molar refractivity (Wildman–Crippen MR) is 37.3 cm³/mol. The molecular weight excluding hydrogens is 116 g/mol. The first-order chi connectivity index (χ1) is 4.41. The van der Waals surface area contributed by atoms with Crippen molar-refractivity contribution in [1.29, 1.82) is 0 Å². The minimum atomic E-state index is 0.400. The van der Waals surface area contributed by atoms with Crippen LogP contribution in [0.3, 0.4) is 0 Å². The highest BCUT2D eigenvalue weighted by Crippen LogP contribution is 1.84.